The van der Waals surface area contributed by atoms with Crippen LogP contribution in [0.25, 0.3) is 0 Å². The van der Waals surface area contributed by atoms with Gasteiger partial charge >= 0.3 is 0 Å². The summed E-state index contributed by atoms with van der Waals surface area (Å²) in [5.74, 6) is -0.663. The predicted molar refractivity (Wildman–Crippen MR) is 71.2 cm³/mol. The van der Waals surface area contributed by atoms with Gasteiger partial charge in [-0.25, -0.2) is 4.39 Å². The molecule has 0 saturated carbocycles. The van der Waals surface area contributed by atoms with Crippen LogP contribution in [0.4, 0.5) is 21.5 Å². The molecule has 0 radical (unpaired) electrons. The summed E-state index contributed by atoms with van der Waals surface area (Å²) in [5, 5.41) is 13.3. The Morgan fingerprint density at radius 1 is 1.26 bits per heavy atom. The standard InChI is InChI=1S/C13H12FN3O2/c14-11-7-10(17(18)19)5-6-13(11)16-8-9-3-1-2-4-12(9)15/h1-7,16H,8,15H2. The van der Waals surface area contributed by atoms with Crippen LogP contribution in [0.5, 0.6) is 0 Å². The SMILES string of the molecule is Nc1ccccc1CNc1ccc([N+](=O)[O-])cc1F. The number of nitrogens with one attached hydrogen (secondary N) is 1. The zero-order chi connectivity index (χ0) is 13.8. The third kappa shape index (κ3) is 2.98. The van der Waals surface area contributed by atoms with Gasteiger partial charge in [-0.15, -0.1) is 0 Å². The molecule has 19 heavy (non-hydrogen) atoms. The van der Waals surface area contributed by atoms with Gasteiger partial charge in [-0.1, -0.05) is 18.2 Å². The molecule has 98 valence electrons. The number of nitrogen functional groups attached to an aromatic ring is 1. The smallest absolute Gasteiger partial charge is 0.272 e. The Bertz CT molecular complexity index is 617. The molecule has 0 bridgehead atoms. The molecule has 6 heteroatoms. The van der Waals surface area contributed by atoms with E-state index in [2.05, 4.69) is 5.32 Å². The number of benzene rings is 2. The maximum Gasteiger partial charge on any atom is 0.272 e. The summed E-state index contributed by atoms with van der Waals surface area (Å²) in [5.41, 5.74) is 7.13. The first-order valence-electron chi connectivity index (χ1n) is 5.59. The Morgan fingerprint density at radius 2 is 2.00 bits per heavy atom. The van der Waals surface area contributed by atoms with Crippen molar-refractivity contribution in [3.8, 4) is 0 Å². The maximum absolute atomic E-state index is 13.6. The normalized spacial score (nSPS) is 10.2. The van der Waals surface area contributed by atoms with Gasteiger partial charge in [0.25, 0.3) is 5.69 Å². The lowest BCUT2D eigenvalue weighted by Gasteiger charge is -2.09. The molecule has 0 aliphatic rings. The minimum absolute atomic E-state index is 0.203. The molecule has 5 nitrogen and oxygen atoms in total. The van der Waals surface area contributed by atoms with Gasteiger partial charge in [0.2, 0.25) is 0 Å². The number of rotatable bonds is 4. The Hall–Kier alpha value is -2.63. The van der Waals surface area contributed by atoms with E-state index in [9.17, 15) is 14.5 Å². The van der Waals surface area contributed by atoms with Crippen molar-refractivity contribution in [2.75, 3.05) is 11.1 Å². The zero-order valence-corrected chi connectivity index (χ0v) is 9.97. The molecule has 2 rings (SSSR count). The van der Waals surface area contributed by atoms with Crippen molar-refractivity contribution < 1.29 is 9.31 Å². The highest BCUT2D eigenvalue weighted by Gasteiger charge is 2.10. The Labute approximate surface area is 109 Å². The molecule has 0 aromatic heterocycles. The fourth-order valence-corrected chi connectivity index (χ4v) is 1.65. The van der Waals surface area contributed by atoms with Crippen molar-refractivity contribution in [2.45, 2.75) is 6.54 Å². The van der Waals surface area contributed by atoms with E-state index in [1.807, 2.05) is 18.2 Å². The lowest BCUT2D eigenvalue weighted by Crippen LogP contribution is -2.04. The lowest BCUT2D eigenvalue weighted by molar-refractivity contribution is -0.385. The second-order valence-electron chi connectivity index (χ2n) is 3.97. The maximum atomic E-state index is 13.6. The van der Waals surface area contributed by atoms with Gasteiger partial charge in [0.15, 0.2) is 5.82 Å². The Kier molecular flexibility index (Phi) is 3.61. The summed E-state index contributed by atoms with van der Waals surface area (Å²) < 4.78 is 13.6. The average molecular weight is 261 g/mol. The van der Waals surface area contributed by atoms with Crippen molar-refractivity contribution in [3.05, 3.63) is 64.0 Å². The molecule has 0 aliphatic heterocycles. The van der Waals surface area contributed by atoms with Gasteiger partial charge in [-0.05, 0) is 17.7 Å². The van der Waals surface area contributed by atoms with Crippen LogP contribution < -0.4 is 11.1 Å². The van der Waals surface area contributed by atoms with Gasteiger partial charge in [0.1, 0.15) is 0 Å². The van der Waals surface area contributed by atoms with Crippen LogP contribution in [0.2, 0.25) is 0 Å². The Balaban J connectivity index is 2.12. The van der Waals surface area contributed by atoms with Crippen LogP contribution >= 0.6 is 0 Å². The summed E-state index contributed by atoms with van der Waals surface area (Å²) >= 11 is 0. The van der Waals surface area contributed by atoms with Crippen molar-refractivity contribution in [1.29, 1.82) is 0 Å². The topological polar surface area (TPSA) is 81.2 Å². The largest absolute Gasteiger partial charge is 0.398 e. The summed E-state index contributed by atoms with van der Waals surface area (Å²) in [7, 11) is 0. The molecule has 0 fully saturated rings. The second-order valence-corrected chi connectivity index (χ2v) is 3.97. The van der Waals surface area contributed by atoms with Crippen molar-refractivity contribution >= 4 is 17.1 Å². The first-order valence-corrected chi connectivity index (χ1v) is 5.59. The van der Waals surface area contributed by atoms with Crippen molar-refractivity contribution in [1.82, 2.24) is 0 Å². The first kappa shape index (κ1) is 12.8. The third-order valence-corrected chi connectivity index (χ3v) is 2.69. The molecule has 0 amide bonds. The number of nitrogens with zero attached hydrogens (tertiary/aromatic N) is 1. The molecule has 3 N–H and O–H groups in total. The molecule has 2 aromatic rings. The summed E-state index contributed by atoms with van der Waals surface area (Å²) in [6, 6.07) is 10.7. The van der Waals surface area contributed by atoms with Crippen molar-refractivity contribution in [3.63, 3.8) is 0 Å². The second kappa shape index (κ2) is 5.34. The highest BCUT2D eigenvalue weighted by Crippen LogP contribution is 2.21. The van der Waals surface area contributed by atoms with Crippen molar-refractivity contribution in [2.24, 2.45) is 0 Å². The molecular formula is C13H12FN3O2. The van der Waals surface area contributed by atoms with Crippen LogP contribution in [-0.4, -0.2) is 4.92 Å². The zero-order valence-electron chi connectivity index (χ0n) is 9.97. The molecule has 0 aliphatic carbocycles. The van der Waals surface area contributed by atoms with Crippen LogP contribution in [0.15, 0.2) is 42.5 Å². The number of para-hydroxylation sites is 1. The summed E-state index contributed by atoms with van der Waals surface area (Å²) in [6.45, 7) is 0.349. The van der Waals surface area contributed by atoms with Gasteiger partial charge in [0.05, 0.1) is 16.7 Å². The minimum Gasteiger partial charge on any atom is -0.398 e. The minimum atomic E-state index is -0.663. The summed E-state index contributed by atoms with van der Waals surface area (Å²) in [6.07, 6.45) is 0. The number of hydrogen-bond donors (Lipinski definition) is 2. The number of nitro benzene ring substituents is 1. The van der Waals surface area contributed by atoms with Crippen LogP contribution in [0.3, 0.4) is 0 Å². The van der Waals surface area contributed by atoms with E-state index in [0.29, 0.717) is 12.2 Å². The quantitative estimate of drug-likeness (QED) is 0.503. The molecule has 0 saturated heterocycles. The van der Waals surface area contributed by atoms with E-state index in [0.717, 1.165) is 11.6 Å². The summed E-state index contributed by atoms with van der Waals surface area (Å²) in [4.78, 5) is 9.85. The van der Waals surface area contributed by atoms with Gasteiger partial charge < -0.3 is 11.1 Å². The van der Waals surface area contributed by atoms with Crippen LogP contribution in [-0.2, 0) is 6.54 Å². The van der Waals surface area contributed by atoms with Crippen LogP contribution in [0, 0.1) is 15.9 Å². The molecule has 0 unspecified atom stereocenters. The number of hydrogen-bond acceptors (Lipinski definition) is 4. The first-order chi connectivity index (χ1) is 9.08. The van der Waals surface area contributed by atoms with E-state index >= 15 is 0 Å². The van der Waals surface area contributed by atoms with Crippen LogP contribution in [0.1, 0.15) is 5.56 Å². The molecule has 0 atom stereocenters. The molecule has 2 aromatic carbocycles. The highest BCUT2D eigenvalue weighted by atomic mass is 19.1. The molecule has 0 heterocycles. The molecule has 0 spiro atoms. The number of nitrogens with two attached hydrogens (primary N) is 1. The third-order valence-electron chi connectivity index (χ3n) is 2.69. The number of non-ortho nitro benzene ring substituents is 1. The van der Waals surface area contributed by atoms with Gasteiger partial charge in [0, 0.05) is 18.3 Å². The lowest BCUT2D eigenvalue weighted by atomic mass is 10.2. The number of halogens is 1. The number of anilines is 2. The fourth-order valence-electron chi connectivity index (χ4n) is 1.65. The van der Waals surface area contributed by atoms with E-state index in [1.165, 1.54) is 12.1 Å². The Morgan fingerprint density at radius 3 is 2.63 bits per heavy atom. The predicted octanol–water partition coefficient (Wildman–Crippen LogP) is 2.93. The van der Waals surface area contributed by atoms with E-state index in [1.54, 1.807) is 6.07 Å². The highest BCUT2D eigenvalue weighted by molar-refractivity contribution is 5.53. The van der Waals surface area contributed by atoms with Gasteiger partial charge in [-0.2, -0.15) is 0 Å². The van der Waals surface area contributed by atoms with E-state index < -0.39 is 10.7 Å². The average Bonchev–Trinajstić information content (AvgIpc) is 2.39. The monoisotopic (exact) mass is 261 g/mol. The fraction of sp³-hybridized carbons (Fsp3) is 0.0769. The van der Waals surface area contributed by atoms with E-state index in [4.69, 9.17) is 5.73 Å². The number of nitro groups is 1. The molecular weight excluding hydrogens is 249 g/mol. The van der Waals surface area contributed by atoms with Gasteiger partial charge in [-0.3, -0.25) is 10.1 Å². The van der Waals surface area contributed by atoms with E-state index in [-0.39, 0.29) is 11.4 Å².